The van der Waals surface area contributed by atoms with E-state index in [1.807, 2.05) is 0 Å². The van der Waals surface area contributed by atoms with Gasteiger partial charge in [-0.2, -0.15) is 0 Å². The maximum Gasteiger partial charge on any atom is 0.0266 e. The van der Waals surface area contributed by atoms with Crippen molar-refractivity contribution in [2.75, 3.05) is 0 Å². The second-order valence-corrected chi connectivity index (χ2v) is 7.97. The lowest BCUT2D eigenvalue weighted by molar-refractivity contribution is 0.235. The maximum absolute atomic E-state index is 2.46. The highest BCUT2D eigenvalue weighted by Gasteiger charge is 2.49. The molecular formula is C21H25I. The first-order valence-corrected chi connectivity index (χ1v) is 9.55. The molecule has 0 N–H and O–H groups in total. The van der Waals surface area contributed by atoms with E-state index in [2.05, 4.69) is 92.8 Å². The summed E-state index contributed by atoms with van der Waals surface area (Å²) in [6, 6.07) is 16.1. The van der Waals surface area contributed by atoms with E-state index in [0.29, 0.717) is 11.8 Å². The summed E-state index contributed by atoms with van der Waals surface area (Å²) in [6.45, 7) is 9.56. The fourth-order valence-electron chi connectivity index (χ4n) is 4.51. The third-order valence-corrected chi connectivity index (χ3v) is 6.54. The summed E-state index contributed by atoms with van der Waals surface area (Å²) in [7, 11) is 0. The molecule has 0 nitrogen and oxygen atoms in total. The van der Waals surface area contributed by atoms with Crippen LogP contribution < -0.4 is 0 Å². The van der Waals surface area contributed by atoms with Gasteiger partial charge in [0, 0.05) is 8.99 Å². The summed E-state index contributed by atoms with van der Waals surface area (Å²) in [5.41, 5.74) is 6.18. The van der Waals surface area contributed by atoms with Crippen LogP contribution in [0, 0.1) is 15.4 Å². The molecule has 1 aliphatic rings. The smallest absolute Gasteiger partial charge is 0.0266 e. The molecule has 2 aromatic rings. The molecule has 0 amide bonds. The third-order valence-electron chi connectivity index (χ3n) is 5.87. The zero-order chi connectivity index (χ0) is 15.9. The Morgan fingerprint density at radius 3 is 2.09 bits per heavy atom. The average molecular weight is 404 g/mol. The van der Waals surface area contributed by atoms with Gasteiger partial charge in [-0.25, -0.2) is 0 Å². The van der Waals surface area contributed by atoms with E-state index in [4.69, 9.17) is 0 Å². The maximum atomic E-state index is 2.46. The van der Waals surface area contributed by atoms with Crippen molar-refractivity contribution in [1.82, 2.24) is 0 Å². The molecule has 2 aromatic carbocycles. The van der Waals surface area contributed by atoms with E-state index < -0.39 is 0 Å². The molecule has 0 aromatic heterocycles. The minimum Gasteiger partial charge on any atom is -0.0651 e. The Balaban J connectivity index is 2.40. The number of benzene rings is 2. The first-order valence-electron chi connectivity index (χ1n) is 8.47. The Bertz CT molecular complexity index is 676. The van der Waals surface area contributed by atoms with E-state index in [0.717, 1.165) is 0 Å². The summed E-state index contributed by atoms with van der Waals surface area (Å²) in [5, 5.41) is 0. The molecule has 3 rings (SSSR count). The first kappa shape index (κ1) is 16.0. The van der Waals surface area contributed by atoms with Crippen LogP contribution in [0.1, 0.15) is 51.7 Å². The van der Waals surface area contributed by atoms with Gasteiger partial charge in [-0.15, -0.1) is 0 Å². The summed E-state index contributed by atoms with van der Waals surface area (Å²) in [5.74, 6) is 1.28. The van der Waals surface area contributed by atoms with Crippen LogP contribution in [0.2, 0.25) is 0 Å². The van der Waals surface area contributed by atoms with Crippen molar-refractivity contribution < 1.29 is 0 Å². The molecule has 2 atom stereocenters. The Hall–Kier alpha value is -0.830. The second kappa shape index (κ2) is 5.99. The molecular weight excluding hydrogens is 379 g/mol. The number of fused-ring (bicyclic) bond motifs is 3. The van der Waals surface area contributed by atoms with E-state index >= 15 is 0 Å². The van der Waals surface area contributed by atoms with E-state index in [9.17, 15) is 0 Å². The molecule has 0 aliphatic heterocycles. The summed E-state index contributed by atoms with van der Waals surface area (Å²) in [4.78, 5) is 0. The molecule has 1 aliphatic carbocycles. The van der Waals surface area contributed by atoms with Crippen LogP contribution in [-0.4, -0.2) is 0 Å². The highest BCUT2D eigenvalue weighted by Crippen LogP contribution is 2.57. The van der Waals surface area contributed by atoms with Crippen molar-refractivity contribution >= 4 is 22.6 Å². The number of hydrogen-bond acceptors (Lipinski definition) is 0. The van der Waals surface area contributed by atoms with Gasteiger partial charge in [-0.05, 0) is 68.8 Å². The van der Waals surface area contributed by atoms with Crippen LogP contribution in [-0.2, 0) is 5.41 Å². The molecule has 2 unspecified atom stereocenters. The average Bonchev–Trinajstić information content (AvgIpc) is 2.84. The van der Waals surface area contributed by atoms with Crippen molar-refractivity contribution in [3.8, 4) is 11.1 Å². The first-order chi connectivity index (χ1) is 10.6. The van der Waals surface area contributed by atoms with Gasteiger partial charge in [0.1, 0.15) is 0 Å². The fourth-order valence-corrected chi connectivity index (χ4v) is 5.00. The second-order valence-electron chi connectivity index (χ2n) is 6.72. The topological polar surface area (TPSA) is 0 Å². The quantitative estimate of drug-likeness (QED) is 0.501. The molecule has 1 heteroatoms. The lowest BCUT2D eigenvalue weighted by Gasteiger charge is -2.43. The van der Waals surface area contributed by atoms with Crippen LogP contribution in [0.15, 0.2) is 42.5 Å². The lowest BCUT2D eigenvalue weighted by Crippen LogP contribution is -2.39. The molecule has 22 heavy (non-hydrogen) atoms. The zero-order valence-corrected chi connectivity index (χ0v) is 16.1. The lowest BCUT2D eigenvalue weighted by atomic mass is 9.60. The Labute approximate surface area is 148 Å². The van der Waals surface area contributed by atoms with Crippen molar-refractivity contribution in [2.45, 2.75) is 46.0 Å². The molecule has 0 heterocycles. The van der Waals surface area contributed by atoms with Crippen LogP contribution >= 0.6 is 22.6 Å². The van der Waals surface area contributed by atoms with E-state index in [-0.39, 0.29) is 5.41 Å². The van der Waals surface area contributed by atoms with Crippen molar-refractivity contribution in [3.63, 3.8) is 0 Å². The van der Waals surface area contributed by atoms with Gasteiger partial charge >= 0.3 is 0 Å². The molecule has 0 fully saturated rings. The van der Waals surface area contributed by atoms with E-state index in [1.54, 1.807) is 11.1 Å². The minimum atomic E-state index is 0.163. The summed E-state index contributed by atoms with van der Waals surface area (Å²) in [6.07, 6.45) is 2.42. The highest BCUT2D eigenvalue weighted by molar-refractivity contribution is 14.1. The van der Waals surface area contributed by atoms with Crippen molar-refractivity contribution in [3.05, 3.63) is 57.2 Å². The van der Waals surface area contributed by atoms with Gasteiger partial charge in [0.25, 0.3) is 0 Å². The van der Waals surface area contributed by atoms with Gasteiger partial charge < -0.3 is 0 Å². The van der Waals surface area contributed by atoms with Gasteiger partial charge in [-0.1, -0.05) is 70.9 Å². The molecule has 0 saturated heterocycles. The number of halogens is 1. The van der Waals surface area contributed by atoms with Crippen LogP contribution in [0.3, 0.4) is 0 Å². The molecule has 0 radical (unpaired) electrons. The Morgan fingerprint density at radius 1 is 0.864 bits per heavy atom. The van der Waals surface area contributed by atoms with Crippen LogP contribution in [0.25, 0.3) is 11.1 Å². The predicted octanol–water partition coefficient (Wildman–Crippen LogP) is 6.65. The predicted molar refractivity (Wildman–Crippen MR) is 104 cm³/mol. The van der Waals surface area contributed by atoms with Crippen LogP contribution in [0.4, 0.5) is 0 Å². The van der Waals surface area contributed by atoms with Gasteiger partial charge in [0.15, 0.2) is 0 Å². The van der Waals surface area contributed by atoms with Gasteiger partial charge in [0.2, 0.25) is 0 Å². The fraction of sp³-hybridized carbons (Fsp3) is 0.429. The molecule has 0 spiro atoms. The van der Waals surface area contributed by atoms with Gasteiger partial charge in [0.05, 0.1) is 0 Å². The molecule has 0 saturated carbocycles. The van der Waals surface area contributed by atoms with E-state index in [1.165, 1.54) is 27.5 Å². The van der Waals surface area contributed by atoms with Gasteiger partial charge in [-0.3, -0.25) is 0 Å². The standard InChI is InChI=1S/C21H25I/c1-5-14(3)21(15(4)6-2)19-10-8-7-9-17(19)18-12-11-16(22)13-20(18)21/h7-15H,5-6H2,1-4H3. The summed E-state index contributed by atoms with van der Waals surface area (Å²) >= 11 is 2.46. The van der Waals surface area contributed by atoms with Crippen molar-refractivity contribution in [2.24, 2.45) is 11.8 Å². The molecule has 116 valence electrons. The molecule has 0 bridgehead atoms. The zero-order valence-electron chi connectivity index (χ0n) is 14.0. The van der Waals surface area contributed by atoms with Crippen LogP contribution in [0.5, 0.6) is 0 Å². The minimum absolute atomic E-state index is 0.163. The third kappa shape index (κ3) is 2.08. The SMILES string of the molecule is CCC(C)C1(C(C)CC)c2ccccc2-c2ccc(I)cc21. The number of hydrogen-bond donors (Lipinski definition) is 0. The summed E-state index contributed by atoms with van der Waals surface area (Å²) < 4.78 is 1.35. The monoisotopic (exact) mass is 404 g/mol. The normalized spacial score (nSPS) is 22.0. The largest absolute Gasteiger partial charge is 0.0651 e. The highest BCUT2D eigenvalue weighted by atomic mass is 127. The van der Waals surface area contributed by atoms with Crippen molar-refractivity contribution in [1.29, 1.82) is 0 Å². The Morgan fingerprint density at radius 2 is 1.45 bits per heavy atom. The Kier molecular flexibility index (Phi) is 4.37. The number of rotatable bonds is 4.